The van der Waals surface area contributed by atoms with E-state index in [2.05, 4.69) is 0 Å². The number of carbonyl (C=O) groups excluding carboxylic acids is 2. The molecule has 1 aliphatic rings. The molecule has 1 aromatic rings. The Morgan fingerprint density at radius 3 is 2.42 bits per heavy atom. The number of nitrogens with zero attached hydrogens (tertiary/aromatic N) is 1. The van der Waals surface area contributed by atoms with Crippen molar-refractivity contribution in [3.05, 3.63) is 29.8 Å². The number of hydrogen-bond donors (Lipinski definition) is 2. The Kier molecular flexibility index (Phi) is 4.04. The molecular weight excluding hydrogens is 242 g/mol. The van der Waals surface area contributed by atoms with Crippen LogP contribution in [0.5, 0.6) is 0 Å². The van der Waals surface area contributed by atoms with Crippen molar-refractivity contribution in [3.8, 4) is 0 Å². The van der Waals surface area contributed by atoms with Gasteiger partial charge in [-0.25, -0.2) is 0 Å². The third-order valence-electron chi connectivity index (χ3n) is 3.58. The highest BCUT2D eigenvalue weighted by Gasteiger charge is 2.25. The smallest absolute Gasteiger partial charge is 0.255 e. The number of likely N-dealkylation sites (tertiary alicyclic amines) is 1. The van der Waals surface area contributed by atoms with Gasteiger partial charge in [0.15, 0.2) is 0 Å². The second-order valence-corrected chi connectivity index (χ2v) is 4.99. The van der Waals surface area contributed by atoms with Gasteiger partial charge in [-0.3, -0.25) is 9.59 Å². The highest BCUT2D eigenvalue weighted by molar-refractivity contribution is 5.99. The van der Waals surface area contributed by atoms with E-state index in [1.54, 1.807) is 17.0 Å². The lowest BCUT2D eigenvalue weighted by Crippen LogP contribution is -2.39. The van der Waals surface area contributed by atoms with Crippen LogP contribution in [0.2, 0.25) is 0 Å². The van der Waals surface area contributed by atoms with E-state index in [4.69, 9.17) is 11.5 Å². The number of benzene rings is 1. The fraction of sp³-hybridized carbons (Fsp3) is 0.429. The molecule has 1 heterocycles. The lowest BCUT2D eigenvalue weighted by Gasteiger charge is -2.31. The molecule has 0 unspecified atom stereocenters. The van der Waals surface area contributed by atoms with Crippen molar-refractivity contribution in [3.63, 3.8) is 0 Å². The topological polar surface area (TPSA) is 89.4 Å². The molecule has 2 rings (SSSR count). The van der Waals surface area contributed by atoms with Gasteiger partial charge in [-0.1, -0.05) is 12.1 Å². The molecule has 0 spiro atoms. The van der Waals surface area contributed by atoms with E-state index in [0.29, 0.717) is 36.7 Å². The van der Waals surface area contributed by atoms with Crippen LogP contribution in [-0.4, -0.2) is 29.8 Å². The van der Waals surface area contributed by atoms with E-state index in [1.165, 1.54) is 0 Å². The monoisotopic (exact) mass is 261 g/mol. The number of para-hydroxylation sites is 1. The normalized spacial score (nSPS) is 16.3. The Morgan fingerprint density at radius 2 is 1.84 bits per heavy atom. The average Bonchev–Trinajstić information content (AvgIpc) is 2.39. The summed E-state index contributed by atoms with van der Waals surface area (Å²) >= 11 is 0. The SMILES string of the molecule is NC(=O)CC1CCN(C(=O)c2ccccc2N)CC1. The molecule has 0 atom stereocenters. The van der Waals surface area contributed by atoms with Gasteiger partial charge in [-0.05, 0) is 30.9 Å². The van der Waals surface area contributed by atoms with Crippen LogP contribution in [0.25, 0.3) is 0 Å². The van der Waals surface area contributed by atoms with Crippen LogP contribution >= 0.6 is 0 Å². The quantitative estimate of drug-likeness (QED) is 0.795. The zero-order chi connectivity index (χ0) is 13.8. The predicted octanol–water partition coefficient (Wildman–Crippen LogP) is 0.996. The Morgan fingerprint density at radius 1 is 1.21 bits per heavy atom. The third-order valence-corrected chi connectivity index (χ3v) is 3.58. The number of primary amides is 1. The summed E-state index contributed by atoms with van der Waals surface area (Å²) < 4.78 is 0. The predicted molar refractivity (Wildman–Crippen MR) is 73.3 cm³/mol. The Balaban J connectivity index is 1.96. The van der Waals surface area contributed by atoms with Crippen LogP contribution in [0, 0.1) is 5.92 Å². The van der Waals surface area contributed by atoms with Gasteiger partial charge in [0.25, 0.3) is 5.91 Å². The molecule has 1 saturated heterocycles. The molecule has 1 aromatic carbocycles. The molecule has 102 valence electrons. The van der Waals surface area contributed by atoms with Crippen molar-refractivity contribution in [2.75, 3.05) is 18.8 Å². The lowest BCUT2D eigenvalue weighted by molar-refractivity contribution is -0.119. The van der Waals surface area contributed by atoms with Crippen molar-refractivity contribution >= 4 is 17.5 Å². The molecule has 19 heavy (non-hydrogen) atoms. The fourth-order valence-corrected chi connectivity index (χ4v) is 2.49. The van der Waals surface area contributed by atoms with Crippen LogP contribution in [-0.2, 0) is 4.79 Å². The lowest BCUT2D eigenvalue weighted by atomic mass is 9.93. The summed E-state index contributed by atoms with van der Waals surface area (Å²) in [6, 6.07) is 7.09. The molecule has 0 bridgehead atoms. The van der Waals surface area contributed by atoms with Gasteiger partial charge in [-0.2, -0.15) is 0 Å². The van der Waals surface area contributed by atoms with Gasteiger partial charge in [0.05, 0.1) is 5.56 Å². The number of hydrogen-bond acceptors (Lipinski definition) is 3. The highest BCUT2D eigenvalue weighted by Crippen LogP contribution is 2.22. The average molecular weight is 261 g/mol. The number of nitrogens with two attached hydrogens (primary N) is 2. The van der Waals surface area contributed by atoms with E-state index in [1.807, 2.05) is 12.1 Å². The minimum absolute atomic E-state index is 0.0318. The van der Waals surface area contributed by atoms with Gasteiger partial charge in [-0.15, -0.1) is 0 Å². The standard InChI is InChI=1S/C14H19N3O2/c15-12-4-2-1-3-11(12)14(19)17-7-5-10(6-8-17)9-13(16)18/h1-4,10H,5-9,15H2,(H2,16,18). The maximum absolute atomic E-state index is 12.3. The number of piperidine rings is 1. The van der Waals surface area contributed by atoms with Crippen molar-refractivity contribution in [2.45, 2.75) is 19.3 Å². The van der Waals surface area contributed by atoms with Gasteiger partial charge >= 0.3 is 0 Å². The summed E-state index contributed by atoms with van der Waals surface area (Å²) in [6.45, 7) is 1.32. The Hall–Kier alpha value is -2.04. The second kappa shape index (κ2) is 5.73. The van der Waals surface area contributed by atoms with E-state index in [-0.39, 0.29) is 11.8 Å². The summed E-state index contributed by atoms with van der Waals surface area (Å²) in [7, 11) is 0. The minimum Gasteiger partial charge on any atom is -0.398 e. The zero-order valence-electron chi connectivity index (χ0n) is 10.8. The van der Waals surface area contributed by atoms with Crippen molar-refractivity contribution in [1.29, 1.82) is 0 Å². The summed E-state index contributed by atoms with van der Waals surface area (Å²) in [5.74, 6) is 0.00220. The third kappa shape index (κ3) is 3.24. The van der Waals surface area contributed by atoms with Gasteiger partial charge in [0.2, 0.25) is 5.91 Å². The van der Waals surface area contributed by atoms with Gasteiger partial charge in [0.1, 0.15) is 0 Å². The first kappa shape index (κ1) is 13.4. The Labute approximate surface area is 112 Å². The summed E-state index contributed by atoms with van der Waals surface area (Å²) in [6.07, 6.45) is 2.05. The Bertz CT molecular complexity index is 479. The molecule has 5 heteroatoms. The van der Waals surface area contributed by atoms with Gasteiger partial charge in [0, 0.05) is 25.2 Å². The number of nitrogen functional groups attached to an aromatic ring is 1. The van der Waals surface area contributed by atoms with E-state index in [9.17, 15) is 9.59 Å². The molecule has 0 saturated carbocycles. The number of carbonyl (C=O) groups is 2. The molecule has 0 aliphatic carbocycles. The first-order valence-electron chi connectivity index (χ1n) is 6.50. The molecular formula is C14H19N3O2. The zero-order valence-corrected chi connectivity index (χ0v) is 10.8. The van der Waals surface area contributed by atoms with Crippen LogP contribution < -0.4 is 11.5 Å². The van der Waals surface area contributed by atoms with Crippen molar-refractivity contribution < 1.29 is 9.59 Å². The van der Waals surface area contributed by atoms with E-state index < -0.39 is 0 Å². The van der Waals surface area contributed by atoms with Crippen molar-refractivity contribution in [2.24, 2.45) is 11.7 Å². The van der Waals surface area contributed by atoms with Crippen LogP contribution in [0.15, 0.2) is 24.3 Å². The molecule has 1 aliphatic heterocycles. The minimum atomic E-state index is -0.267. The summed E-state index contributed by atoms with van der Waals surface area (Å²) in [5, 5.41) is 0. The molecule has 0 aromatic heterocycles. The van der Waals surface area contributed by atoms with Crippen LogP contribution in [0.4, 0.5) is 5.69 Å². The van der Waals surface area contributed by atoms with E-state index >= 15 is 0 Å². The first-order valence-corrected chi connectivity index (χ1v) is 6.50. The van der Waals surface area contributed by atoms with Crippen LogP contribution in [0.1, 0.15) is 29.6 Å². The van der Waals surface area contributed by atoms with Crippen LogP contribution in [0.3, 0.4) is 0 Å². The second-order valence-electron chi connectivity index (χ2n) is 4.99. The molecule has 5 nitrogen and oxygen atoms in total. The first-order chi connectivity index (χ1) is 9.08. The number of amides is 2. The van der Waals surface area contributed by atoms with E-state index in [0.717, 1.165) is 12.8 Å². The number of anilines is 1. The largest absolute Gasteiger partial charge is 0.398 e. The number of rotatable bonds is 3. The van der Waals surface area contributed by atoms with Gasteiger partial charge < -0.3 is 16.4 Å². The molecule has 2 amide bonds. The summed E-state index contributed by atoms with van der Waals surface area (Å²) in [5.41, 5.74) is 12.1. The molecule has 4 N–H and O–H groups in total. The maximum atomic E-state index is 12.3. The molecule has 1 fully saturated rings. The highest BCUT2D eigenvalue weighted by atomic mass is 16.2. The summed E-state index contributed by atoms with van der Waals surface area (Å²) in [4.78, 5) is 25.0. The van der Waals surface area contributed by atoms with Crippen molar-refractivity contribution in [1.82, 2.24) is 4.90 Å². The fourth-order valence-electron chi connectivity index (χ4n) is 2.49. The maximum Gasteiger partial charge on any atom is 0.255 e. The molecule has 0 radical (unpaired) electrons.